The van der Waals surface area contributed by atoms with Gasteiger partial charge in [-0.15, -0.1) is 0 Å². The van der Waals surface area contributed by atoms with Crippen molar-refractivity contribution in [3.63, 3.8) is 0 Å². The Balaban J connectivity index is 1.94. The van der Waals surface area contributed by atoms with Gasteiger partial charge in [-0.1, -0.05) is 6.92 Å². The highest BCUT2D eigenvalue weighted by Gasteiger charge is 2.50. The highest BCUT2D eigenvalue weighted by atomic mass is 79.9. The molecule has 2 rings (SSSR count). The van der Waals surface area contributed by atoms with Crippen molar-refractivity contribution in [1.82, 2.24) is 10.3 Å². The first-order valence-corrected chi connectivity index (χ1v) is 5.88. The molecule has 0 aliphatic heterocycles. The Morgan fingerprint density at radius 1 is 1.67 bits per heavy atom. The van der Waals surface area contributed by atoms with Crippen molar-refractivity contribution in [2.75, 3.05) is 13.7 Å². The number of rotatable bonds is 4. The minimum absolute atomic E-state index is 0.183. The molecule has 1 heterocycles. The first-order chi connectivity index (χ1) is 7.16. The number of nitrogens with one attached hydrogen (secondary N) is 1. The summed E-state index contributed by atoms with van der Waals surface area (Å²) in [5.41, 5.74) is 0.183. The molecule has 1 aromatic rings. The van der Waals surface area contributed by atoms with Crippen LogP contribution in [0.4, 0.5) is 0 Å². The molecule has 1 aliphatic rings. The molecular weight excluding hydrogens is 256 g/mol. The van der Waals surface area contributed by atoms with Crippen LogP contribution < -0.4 is 10.1 Å². The fourth-order valence-corrected chi connectivity index (χ4v) is 2.14. The van der Waals surface area contributed by atoms with Crippen LogP contribution in [0.2, 0.25) is 0 Å². The maximum atomic E-state index is 5.72. The summed E-state index contributed by atoms with van der Waals surface area (Å²) in [7, 11) is 1.99. The molecule has 0 radical (unpaired) electrons. The largest absolute Gasteiger partial charge is 0.490 e. The lowest BCUT2D eigenvalue weighted by atomic mass is 10.2. The second-order valence-corrected chi connectivity index (χ2v) is 5.05. The molecule has 0 saturated heterocycles. The molecule has 4 heteroatoms. The van der Waals surface area contributed by atoms with E-state index in [-0.39, 0.29) is 5.54 Å². The van der Waals surface area contributed by atoms with E-state index in [1.807, 2.05) is 13.1 Å². The molecule has 0 amide bonds. The van der Waals surface area contributed by atoms with E-state index in [0.717, 1.165) is 10.2 Å². The molecule has 0 aromatic carbocycles. The number of aromatic nitrogens is 1. The van der Waals surface area contributed by atoms with Crippen molar-refractivity contribution in [2.24, 2.45) is 5.92 Å². The lowest BCUT2D eigenvalue weighted by Crippen LogP contribution is -2.36. The highest BCUT2D eigenvalue weighted by Crippen LogP contribution is 2.42. The Labute approximate surface area is 98.4 Å². The normalized spacial score (nSPS) is 28.9. The van der Waals surface area contributed by atoms with Gasteiger partial charge in [-0.25, -0.2) is 0 Å². The molecule has 0 bridgehead atoms. The van der Waals surface area contributed by atoms with Crippen LogP contribution in [0, 0.1) is 5.92 Å². The number of ether oxygens (including phenoxy) is 1. The standard InChI is InChI=1S/C11H15BrN2O/c1-8-4-11(8,13-2)7-15-10-3-9(12)5-14-6-10/h3,5-6,8,13H,4,7H2,1-2H3/t8-,11-/m1/s1. The van der Waals surface area contributed by atoms with Gasteiger partial charge in [0.05, 0.1) is 11.7 Å². The zero-order valence-corrected chi connectivity index (χ0v) is 10.5. The third-order valence-electron chi connectivity index (χ3n) is 3.13. The van der Waals surface area contributed by atoms with Crippen molar-refractivity contribution in [1.29, 1.82) is 0 Å². The molecule has 2 atom stereocenters. The van der Waals surface area contributed by atoms with Gasteiger partial charge in [0.25, 0.3) is 0 Å². The molecule has 1 saturated carbocycles. The van der Waals surface area contributed by atoms with Crippen LogP contribution >= 0.6 is 15.9 Å². The van der Waals surface area contributed by atoms with Crippen molar-refractivity contribution in [2.45, 2.75) is 18.9 Å². The van der Waals surface area contributed by atoms with Gasteiger partial charge in [0.2, 0.25) is 0 Å². The van der Waals surface area contributed by atoms with Crippen LogP contribution in [0.15, 0.2) is 22.9 Å². The molecule has 15 heavy (non-hydrogen) atoms. The first kappa shape index (κ1) is 10.9. The molecule has 0 unspecified atom stereocenters. The lowest BCUT2D eigenvalue weighted by Gasteiger charge is -2.16. The molecule has 1 aromatic heterocycles. The summed E-state index contributed by atoms with van der Waals surface area (Å²) < 4.78 is 6.67. The lowest BCUT2D eigenvalue weighted by molar-refractivity contribution is 0.249. The van der Waals surface area contributed by atoms with E-state index in [0.29, 0.717) is 12.5 Å². The molecule has 1 aliphatic carbocycles. The van der Waals surface area contributed by atoms with Gasteiger partial charge >= 0.3 is 0 Å². The third-order valence-corrected chi connectivity index (χ3v) is 3.56. The third kappa shape index (κ3) is 2.32. The minimum Gasteiger partial charge on any atom is -0.490 e. The van der Waals surface area contributed by atoms with Crippen LogP contribution in [0.1, 0.15) is 13.3 Å². The Morgan fingerprint density at radius 2 is 2.40 bits per heavy atom. The second kappa shape index (κ2) is 4.10. The van der Waals surface area contributed by atoms with Crippen molar-refractivity contribution in [3.8, 4) is 5.75 Å². The van der Waals surface area contributed by atoms with E-state index in [4.69, 9.17) is 4.74 Å². The van der Waals surface area contributed by atoms with E-state index >= 15 is 0 Å². The molecule has 3 nitrogen and oxygen atoms in total. The van der Waals surface area contributed by atoms with Gasteiger partial charge < -0.3 is 10.1 Å². The average Bonchev–Trinajstić information content (AvgIpc) is 2.88. The first-order valence-electron chi connectivity index (χ1n) is 5.08. The van der Waals surface area contributed by atoms with Crippen molar-refractivity contribution in [3.05, 3.63) is 22.9 Å². The highest BCUT2D eigenvalue weighted by molar-refractivity contribution is 9.10. The predicted octanol–water partition coefficient (Wildman–Crippen LogP) is 2.22. The number of hydrogen-bond donors (Lipinski definition) is 1. The van der Waals surface area contributed by atoms with Crippen LogP contribution in [-0.2, 0) is 0 Å². The molecular formula is C11H15BrN2O. The SMILES string of the molecule is CN[C@@]1(COc2cncc(Br)c2)C[C@H]1C. The van der Waals surface area contributed by atoms with Gasteiger partial charge in [-0.3, -0.25) is 4.98 Å². The molecule has 1 fully saturated rings. The van der Waals surface area contributed by atoms with Gasteiger partial charge in [-0.05, 0) is 41.4 Å². The Kier molecular flexibility index (Phi) is 2.98. The van der Waals surface area contributed by atoms with Crippen LogP contribution in [0.5, 0.6) is 5.75 Å². The predicted molar refractivity (Wildman–Crippen MR) is 63.0 cm³/mol. The van der Waals surface area contributed by atoms with E-state index in [1.54, 1.807) is 12.4 Å². The zero-order chi connectivity index (χ0) is 10.9. The van der Waals surface area contributed by atoms with Crippen molar-refractivity contribution < 1.29 is 4.74 Å². The summed E-state index contributed by atoms with van der Waals surface area (Å²) >= 11 is 3.37. The van der Waals surface area contributed by atoms with Gasteiger partial charge in [0.15, 0.2) is 0 Å². The fraction of sp³-hybridized carbons (Fsp3) is 0.545. The van der Waals surface area contributed by atoms with Crippen LogP contribution in [-0.4, -0.2) is 24.2 Å². The number of hydrogen-bond acceptors (Lipinski definition) is 3. The maximum Gasteiger partial charge on any atom is 0.138 e. The van der Waals surface area contributed by atoms with Gasteiger partial charge in [-0.2, -0.15) is 0 Å². The molecule has 1 N–H and O–H groups in total. The smallest absolute Gasteiger partial charge is 0.138 e. The Hall–Kier alpha value is -0.610. The number of likely N-dealkylation sites (N-methyl/N-ethyl adjacent to an activating group) is 1. The van der Waals surface area contributed by atoms with E-state index in [1.165, 1.54) is 6.42 Å². The van der Waals surface area contributed by atoms with E-state index in [2.05, 4.69) is 33.2 Å². The Bertz CT molecular complexity index is 354. The summed E-state index contributed by atoms with van der Waals surface area (Å²) in [4.78, 5) is 4.06. The van der Waals surface area contributed by atoms with Crippen LogP contribution in [0.3, 0.4) is 0 Å². The topological polar surface area (TPSA) is 34.1 Å². The summed E-state index contributed by atoms with van der Waals surface area (Å²) in [6, 6.07) is 1.93. The number of nitrogens with zero attached hydrogens (tertiary/aromatic N) is 1. The second-order valence-electron chi connectivity index (χ2n) is 4.14. The summed E-state index contributed by atoms with van der Waals surface area (Å²) in [5, 5.41) is 3.33. The summed E-state index contributed by atoms with van der Waals surface area (Å²) in [5.74, 6) is 1.51. The molecule has 82 valence electrons. The average molecular weight is 271 g/mol. The maximum absolute atomic E-state index is 5.72. The summed E-state index contributed by atoms with van der Waals surface area (Å²) in [6.45, 7) is 2.95. The van der Waals surface area contributed by atoms with Gasteiger partial charge in [0, 0.05) is 10.7 Å². The van der Waals surface area contributed by atoms with E-state index < -0.39 is 0 Å². The summed E-state index contributed by atoms with van der Waals surface area (Å²) in [6.07, 6.45) is 4.67. The fourth-order valence-electron chi connectivity index (χ4n) is 1.79. The Morgan fingerprint density at radius 3 is 2.93 bits per heavy atom. The number of pyridine rings is 1. The number of halogens is 1. The minimum atomic E-state index is 0.183. The van der Waals surface area contributed by atoms with E-state index in [9.17, 15) is 0 Å². The van der Waals surface area contributed by atoms with Crippen molar-refractivity contribution >= 4 is 15.9 Å². The van der Waals surface area contributed by atoms with Crippen LogP contribution in [0.25, 0.3) is 0 Å². The quantitative estimate of drug-likeness (QED) is 0.911. The molecule has 0 spiro atoms. The van der Waals surface area contributed by atoms with Gasteiger partial charge in [0.1, 0.15) is 12.4 Å². The zero-order valence-electron chi connectivity index (χ0n) is 8.96. The monoisotopic (exact) mass is 270 g/mol.